The van der Waals surface area contributed by atoms with Gasteiger partial charge in [-0.3, -0.25) is 14.5 Å². The van der Waals surface area contributed by atoms with Crippen molar-refractivity contribution in [3.05, 3.63) is 82.5 Å². The Morgan fingerprint density at radius 1 is 1.20 bits per heavy atom. The molecule has 0 bridgehead atoms. The van der Waals surface area contributed by atoms with Crippen LogP contribution in [-0.4, -0.2) is 41.2 Å². The molecular weight excluding hydrogens is 532 g/mol. The maximum Gasteiger partial charge on any atom is 0.278 e. The number of carbonyl (C=O) groups is 2. The summed E-state index contributed by atoms with van der Waals surface area (Å²) in [6, 6.07) is 14.6. The summed E-state index contributed by atoms with van der Waals surface area (Å²) in [6.45, 7) is 4.04. The van der Waals surface area contributed by atoms with Crippen molar-refractivity contribution in [2.24, 2.45) is 4.99 Å². The largest absolute Gasteiger partial charge is 1.00 e. The number of rotatable bonds is 7. The standard InChI is InChI=1S/C22H19BrN2O3S.BrH/c1-3-12-25-21(27)19(13-15-4-10-18(28-2)11-5-15)24-22(25)29-14-20(26)16-6-8-17(23)9-7-16;/h3-11,13H,1,12,14H2,2H3;1H/p-1/b19-13-;. The third-order valence-electron chi connectivity index (χ3n) is 4.14. The van der Waals surface area contributed by atoms with E-state index in [1.54, 1.807) is 31.4 Å². The van der Waals surface area contributed by atoms with Gasteiger partial charge >= 0.3 is 0 Å². The number of carbonyl (C=O) groups excluding carboxylic acids is 2. The van der Waals surface area contributed by atoms with Gasteiger partial charge in [0.2, 0.25) is 0 Å². The van der Waals surface area contributed by atoms with E-state index in [1.165, 1.54) is 16.7 Å². The fraction of sp³-hybridized carbons (Fsp3) is 0.136. The molecule has 1 heterocycles. The molecule has 156 valence electrons. The molecule has 0 radical (unpaired) electrons. The summed E-state index contributed by atoms with van der Waals surface area (Å²) in [5.41, 5.74) is 1.79. The number of Topliss-reactive ketones (excluding diaryl/α,β-unsaturated/α-hetero) is 1. The molecule has 0 saturated heterocycles. The molecule has 0 fully saturated rings. The van der Waals surface area contributed by atoms with Gasteiger partial charge < -0.3 is 21.7 Å². The molecule has 5 nitrogen and oxygen atoms in total. The molecule has 2 aromatic carbocycles. The summed E-state index contributed by atoms with van der Waals surface area (Å²) in [5.74, 6) is 0.699. The van der Waals surface area contributed by atoms with Crippen LogP contribution < -0.4 is 21.7 Å². The number of aliphatic imine (C=N–C) groups is 1. The number of thioether (sulfide) groups is 1. The third kappa shape index (κ3) is 5.93. The van der Waals surface area contributed by atoms with Gasteiger partial charge in [-0.15, -0.1) is 6.58 Å². The number of nitrogens with zero attached hydrogens (tertiary/aromatic N) is 2. The topological polar surface area (TPSA) is 59.0 Å². The predicted molar refractivity (Wildman–Crippen MR) is 121 cm³/mol. The number of halogens is 2. The minimum atomic E-state index is -0.209. The monoisotopic (exact) mass is 549 g/mol. The fourth-order valence-electron chi connectivity index (χ4n) is 2.64. The van der Waals surface area contributed by atoms with Crippen LogP contribution in [0.3, 0.4) is 0 Å². The van der Waals surface area contributed by atoms with E-state index >= 15 is 0 Å². The maximum atomic E-state index is 12.8. The average molecular weight is 551 g/mol. The van der Waals surface area contributed by atoms with E-state index in [4.69, 9.17) is 4.74 Å². The molecule has 1 aliphatic rings. The van der Waals surface area contributed by atoms with E-state index in [9.17, 15) is 9.59 Å². The van der Waals surface area contributed by atoms with E-state index in [0.717, 1.165) is 15.8 Å². The highest BCUT2D eigenvalue weighted by molar-refractivity contribution is 9.10. The van der Waals surface area contributed by atoms with Gasteiger partial charge in [0.1, 0.15) is 11.4 Å². The molecule has 0 N–H and O–H groups in total. The number of amidine groups is 1. The summed E-state index contributed by atoms with van der Waals surface area (Å²) in [5, 5.41) is 0.500. The molecule has 0 atom stereocenters. The summed E-state index contributed by atoms with van der Waals surface area (Å²) < 4.78 is 6.07. The van der Waals surface area contributed by atoms with E-state index in [-0.39, 0.29) is 34.4 Å². The SMILES string of the molecule is C=CCN1C(=O)/C(=C/c2ccc(OC)cc2)N=C1SCC(=O)c1ccc(Br)cc1.[Br-]. The highest BCUT2D eigenvalue weighted by Gasteiger charge is 2.30. The molecule has 0 spiro atoms. The number of benzene rings is 2. The van der Waals surface area contributed by atoms with Gasteiger partial charge in [-0.1, -0.05) is 58.0 Å². The quantitative estimate of drug-likeness (QED) is 0.300. The van der Waals surface area contributed by atoms with Crippen molar-refractivity contribution >= 4 is 50.6 Å². The lowest BCUT2D eigenvalue weighted by Crippen LogP contribution is -3.00. The van der Waals surface area contributed by atoms with Crippen LogP contribution in [0, 0.1) is 0 Å². The maximum absolute atomic E-state index is 12.8. The van der Waals surface area contributed by atoms with Crippen LogP contribution in [0.1, 0.15) is 15.9 Å². The fourth-order valence-corrected chi connectivity index (χ4v) is 3.81. The summed E-state index contributed by atoms with van der Waals surface area (Å²) in [6.07, 6.45) is 3.36. The van der Waals surface area contributed by atoms with Crippen LogP contribution in [0.2, 0.25) is 0 Å². The second-order valence-electron chi connectivity index (χ2n) is 6.12. The molecule has 0 saturated carbocycles. The molecule has 0 unspecified atom stereocenters. The Morgan fingerprint density at radius 2 is 1.87 bits per heavy atom. The molecule has 2 aromatic rings. The van der Waals surface area contributed by atoms with Crippen LogP contribution >= 0.6 is 27.7 Å². The Morgan fingerprint density at radius 3 is 2.47 bits per heavy atom. The number of hydrogen-bond acceptors (Lipinski definition) is 5. The van der Waals surface area contributed by atoms with Crippen molar-refractivity contribution in [2.45, 2.75) is 0 Å². The van der Waals surface area contributed by atoms with Crippen molar-refractivity contribution in [1.29, 1.82) is 0 Å². The van der Waals surface area contributed by atoms with E-state index < -0.39 is 0 Å². The first kappa shape index (κ1) is 24.1. The lowest BCUT2D eigenvalue weighted by Gasteiger charge is -2.15. The lowest BCUT2D eigenvalue weighted by molar-refractivity contribution is -0.122. The van der Waals surface area contributed by atoms with Crippen molar-refractivity contribution in [3.8, 4) is 5.75 Å². The normalized spacial score (nSPS) is 14.3. The van der Waals surface area contributed by atoms with Crippen molar-refractivity contribution in [2.75, 3.05) is 19.4 Å². The molecule has 0 aliphatic carbocycles. The lowest BCUT2D eigenvalue weighted by atomic mass is 10.2. The van der Waals surface area contributed by atoms with Crippen molar-refractivity contribution in [1.82, 2.24) is 4.90 Å². The van der Waals surface area contributed by atoms with E-state index in [1.807, 2.05) is 36.4 Å². The Labute approximate surface area is 198 Å². The van der Waals surface area contributed by atoms with Gasteiger partial charge in [0.25, 0.3) is 5.91 Å². The molecule has 30 heavy (non-hydrogen) atoms. The first-order valence-electron chi connectivity index (χ1n) is 8.80. The minimum Gasteiger partial charge on any atom is -1.00 e. The highest BCUT2D eigenvalue weighted by Crippen LogP contribution is 2.25. The zero-order chi connectivity index (χ0) is 20.8. The van der Waals surface area contributed by atoms with Crippen molar-refractivity contribution < 1.29 is 31.3 Å². The van der Waals surface area contributed by atoms with Gasteiger partial charge in [0, 0.05) is 16.6 Å². The van der Waals surface area contributed by atoms with E-state index in [2.05, 4.69) is 27.5 Å². The molecular formula is C22H19Br2N2O3S-. The first-order valence-corrected chi connectivity index (χ1v) is 10.6. The molecule has 8 heteroatoms. The van der Waals surface area contributed by atoms with Gasteiger partial charge in [-0.2, -0.15) is 0 Å². The summed E-state index contributed by atoms with van der Waals surface area (Å²) >= 11 is 4.61. The van der Waals surface area contributed by atoms with Gasteiger partial charge in [0.15, 0.2) is 11.0 Å². The van der Waals surface area contributed by atoms with Gasteiger partial charge in [-0.05, 0) is 35.9 Å². The second kappa shape index (κ2) is 11.3. The highest BCUT2D eigenvalue weighted by atomic mass is 79.9. The Kier molecular flexibility index (Phi) is 9.08. The number of ketones is 1. The van der Waals surface area contributed by atoms with E-state index in [0.29, 0.717) is 23.0 Å². The summed E-state index contributed by atoms with van der Waals surface area (Å²) in [7, 11) is 1.60. The third-order valence-corrected chi connectivity index (χ3v) is 5.65. The minimum absolute atomic E-state index is 0. The number of hydrogen-bond donors (Lipinski definition) is 0. The number of methoxy groups -OCH3 is 1. The van der Waals surface area contributed by atoms with Crippen LogP contribution in [-0.2, 0) is 4.79 Å². The zero-order valence-corrected chi connectivity index (χ0v) is 20.2. The molecule has 1 amide bonds. The molecule has 3 rings (SSSR count). The predicted octanol–water partition coefficient (Wildman–Crippen LogP) is 1.80. The van der Waals surface area contributed by atoms with Crippen LogP contribution in [0.15, 0.2) is 76.3 Å². The number of amides is 1. The molecule has 0 aromatic heterocycles. The van der Waals surface area contributed by atoms with Gasteiger partial charge in [0.05, 0.1) is 12.9 Å². The average Bonchev–Trinajstić information content (AvgIpc) is 3.02. The molecule has 1 aliphatic heterocycles. The first-order chi connectivity index (χ1) is 14.0. The number of ether oxygens (including phenoxy) is 1. The van der Waals surface area contributed by atoms with Crippen molar-refractivity contribution in [3.63, 3.8) is 0 Å². The zero-order valence-electron chi connectivity index (χ0n) is 16.2. The Balaban J connectivity index is 0.00000320. The van der Waals surface area contributed by atoms with Crippen LogP contribution in [0.25, 0.3) is 6.08 Å². The van der Waals surface area contributed by atoms with Crippen LogP contribution in [0.4, 0.5) is 0 Å². The second-order valence-corrected chi connectivity index (χ2v) is 7.98. The smallest absolute Gasteiger partial charge is 0.278 e. The van der Waals surface area contributed by atoms with Crippen LogP contribution in [0.5, 0.6) is 5.75 Å². The Bertz CT molecular complexity index is 986. The van der Waals surface area contributed by atoms with Gasteiger partial charge in [-0.25, -0.2) is 4.99 Å². The Hall–Kier alpha value is -2.16. The summed E-state index contributed by atoms with van der Waals surface area (Å²) in [4.78, 5) is 31.2.